The van der Waals surface area contributed by atoms with E-state index in [1.165, 1.54) is 6.20 Å². The molecule has 8 nitrogen and oxygen atoms in total. The van der Waals surface area contributed by atoms with Crippen LogP contribution in [0.2, 0.25) is 0 Å². The topological polar surface area (TPSA) is 87.4 Å². The van der Waals surface area contributed by atoms with Gasteiger partial charge in [-0.2, -0.15) is 4.98 Å². The third-order valence-corrected chi connectivity index (χ3v) is 4.96. The zero-order chi connectivity index (χ0) is 17.3. The van der Waals surface area contributed by atoms with E-state index in [2.05, 4.69) is 38.9 Å². The molecule has 2 heterocycles. The van der Waals surface area contributed by atoms with Gasteiger partial charge in [-0.15, -0.1) is 0 Å². The maximum atomic E-state index is 11.2. The average Bonchev–Trinajstić information content (AvgIpc) is 3.38. The first-order chi connectivity index (χ1) is 11.5. The van der Waals surface area contributed by atoms with Crippen molar-refractivity contribution in [2.45, 2.75) is 57.7 Å². The maximum absolute atomic E-state index is 11.2. The normalized spacial score (nSPS) is 19.5. The van der Waals surface area contributed by atoms with Crippen molar-refractivity contribution < 1.29 is 4.92 Å². The second-order valence-electron chi connectivity index (χ2n) is 7.05. The molecule has 0 spiro atoms. The summed E-state index contributed by atoms with van der Waals surface area (Å²) in [6.45, 7) is 6.57. The van der Waals surface area contributed by atoms with E-state index >= 15 is 0 Å². The van der Waals surface area contributed by atoms with Gasteiger partial charge in [-0.1, -0.05) is 0 Å². The van der Waals surface area contributed by atoms with Crippen molar-refractivity contribution in [1.29, 1.82) is 0 Å². The minimum absolute atomic E-state index is 0.0475. The molecule has 0 bridgehead atoms. The summed E-state index contributed by atoms with van der Waals surface area (Å²) in [5, 5.41) is 14.3. The highest BCUT2D eigenvalue weighted by molar-refractivity contribution is 5.58. The summed E-state index contributed by atoms with van der Waals surface area (Å²) in [6.07, 6.45) is 5.52. The first-order valence-electron chi connectivity index (χ1n) is 8.70. The molecule has 0 atom stereocenters. The van der Waals surface area contributed by atoms with Crippen molar-refractivity contribution in [2.75, 3.05) is 30.4 Å². The van der Waals surface area contributed by atoms with Gasteiger partial charge in [0, 0.05) is 38.3 Å². The van der Waals surface area contributed by atoms with Crippen LogP contribution in [-0.2, 0) is 0 Å². The lowest BCUT2D eigenvalue weighted by molar-refractivity contribution is -0.384. The first-order valence-corrected chi connectivity index (χ1v) is 8.70. The number of hydrogen-bond acceptors (Lipinski definition) is 7. The smallest absolute Gasteiger partial charge is 0.329 e. The number of hydrogen-bond donors (Lipinski definition) is 1. The molecular weight excluding hydrogens is 308 g/mol. The van der Waals surface area contributed by atoms with E-state index in [1.54, 1.807) is 0 Å². The Morgan fingerprint density at radius 3 is 2.54 bits per heavy atom. The summed E-state index contributed by atoms with van der Waals surface area (Å²) in [5.74, 6) is 0.908. The van der Waals surface area contributed by atoms with E-state index in [4.69, 9.17) is 0 Å². The van der Waals surface area contributed by atoms with Crippen molar-refractivity contribution in [3.05, 3.63) is 16.3 Å². The van der Waals surface area contributed by atoms with Crippen LogP contribution in [0, 0.1) is 10.1 Å². The lowest BCUT2D eigenvalue weighted by Crippen LogP contribution is -2.46. The van der Waals surface area contributed by atoms with Crippen LogP contribution in [0.4, 0.5) is 17.5 Å². The number of nitrogens with zero attached hydrogens (tertiary/aromatic N) is 5. The van der Waals surface area contributed by atoms with Gasteiger partial charge in [0.25, 0.3) is 0 Å². The van der Waals surface area contributed by atoms with Gasteiger partial charge >= 0.3 is 5.69 Å². The number of nitro groups is 1. The monoisotopic (exact) mass is 334 g/mol. The molecular formula is C16H26N6O2. The summed E-state index contributed by atoms with van der Waals surface area (Å²) in [6, 6.07) is 1.25. The Kier molecular flexibility index (Phi) is 4.84. The Hall–Kier alpha value is -1.96. The van der Waals surface area contributed by atoms with Crippen molar-refractivity contribution in [1.82, 2.24) is 14.9 Å². The van der Waals surface area contributed by atoms with Gasteiger partial charge in [0.05, 0.1) is 4.92 Å². The van der Waals surface area contributed by atoms with E-state index in [-0.39, 0.29) is 5.69 Å². The summed E-state index contributed by atoms with van der Waals surface area (Å²) in [4.78, 5) is 24.0. The molecule has 2 aliphatic rings. The molecule has 0 unspecified atom stereocenters. The number of likely N-dealkylation sites (tertiary alicyclic amines) is 1. The zero-order valence-electron chi connectivity index (χ0n) is 14.6. The summed E-state index contributed by atoms with van der Waals surface area (Å²) in [7, 11) is 1.98. The van der Waals surface area contributed by atoms with Crippen LogP contribution in [0.3, 0.4) is 0 Å². The number of anilines is 2. The molecule has 0 aromatic carbocycles. The van der Waals surface area contributed by atoms with E-state index in [0.29, 0.717) is 29.9 Å². The van der Waals surface area contributed by atoms with Crippen molar-refractivity contribution in [2.24, 2.45) is 0 Å². The summed E-state index contributed by atoms with van der Waals surface area (Å²) in [5.41, 5.74) is -0.0475. The van der Waals surface area contributed by atoms with Crippen LogP contribution in [-0.4, -0.2) is 58.1 Å². The number of rotatable bonds is 6. The molecule has 1 aliphatic heterocycles. The van der Waals surface area contributed by atoms with Crippen molar-refractivity contribution in [3.8, 4) is 0 Å². The Morgan fingerprint density at radius 1 is 1.33 bits per heavy atom. The molecule has 2 fully saturated rings. The minimum Gasteiger partial charge on any atom is -0.361 e. The highest BCUT2D eigenvalue weighted by Gasteiger charge is 2.29. The lowest BCUT2D eigenvalue weighted by Gasteiger charge is -2.38. The molecule has 1 N–H and O–H groups in total. The predicted octanol–water partition coefficient (Wildman–Crippen LogP) is 2.27. The van der Waals surface area contributed by atoms with Gasteiger partial charge < -0.3 is 15.1 Å². The SMILES string of the molecule is CC(C)N1CCC(N(C)c2ncc([N+](=O)[O-])c(NC3CC3)n2)CC1. The highest BCUT2D eigenvalue weighted by Crippen LogP contribution is 2.30. The largest absolute Gasteiger partial charge is 0.361 e. The predicted molar refractivity (Wildman–Crippen MR) is 93.5 cm³/mol. The standard InChI is InChI=1S/C16H26N6O2/c1-11(2)21-8-6-13(7-9-21)20(3)16-17-10-14(22(23)24)15(19-16)18-12-4-5-12/h10-13H,4-9H2,1-3H3,(H,17,18,19). The van der Waals surface area contributed by atoms with Crippen LogP contribution >= 0.6 is 0 Å². The average molecular weight is 334 g/mol. The molecule has 1 aromatic heterocycles. The summed E-state index contributed by atoms with van der Waals surface area (Å²) < 4.78 is 0. The van der Waals surface area contributed by atoms with Gasteiger partial charge in [0.15, 0.2) is 0 Å². The number of piperidine rings is 1. The Balaban J connectivity index is 1.72. The highest BCUT2D eigenvalue weighted by atomic mass is 16.6. The molecule has 1 saturated carbocycles. The van der Waals surface area contributed by atoms with Crippen LogP contribution in [0.15, 0.2) is 6.20 Å². The Labute approximate surface area is 142 Å². The lowest BCUT2D eigenvalue weighted by atomic mass is 10.0. The number of aromatic nitrogens is 2. The fraction of sp³-hybridized carbons (Fsp3) is 0.750. The van der Waals surface area contributed by atoms with Gasteiger partial charge in [0.1, 0.15) is 6.20 Å². The van der Waals surface area contributed by atoms with Crippen molar-refractivity contribution in [3.63, 3.8) is 0 Å². The maximum Gasteiger partial charge on any atom is 0.329 e. The molecule has 132 valence electrons. The fourth-order valence-electron chi connectivity index (χ4n) is 3.15. The Bertz CT molecular complexity index is 596. The second kappa shape index (κ2) is 6.88. The fourth-order valence-corrected chi connectivity index (χ4v) is 3.15. The second-order valence-corrected chi connectivity index (χ2v) is 7.05. The molecule has 24 heavy (non-hydrogen) atoms. The van der Waals surface area contributed by atoms with Gasteiger partial charge in [-0.25, -0.2) is 4.98 Å². The third kappa shape index (κ3) is 3.75. The summed E-state index contributed by atoms with van der Waals surface area (Å²) >= 11 is 0. The molecule has 1 aliphatic carbocycles. The van der Waals surface area contributed by atoms with E-state index in [0.717, 1.165) is 38.8 Å². The van der Waals surface area contributed by atoms with Gasteiger partial charge in [-0.05, 0) is 39.5 Å². The van der Waals surface area contributed by atoms with Crippen LogP contribution in [0.5, 0.6) is 0 Å². The van der Waals surface area contributed by atoms with E-state index in [9.17, 15) is 10.1 Å². The first kappa shape index (κ1) is 16.9. The van der Waals surface area contributed by atoms with Gasteiger partial charge in [0.2, 0.25) is 11.8 Å². The molecule has 8 heteroatoms. The molecule has 1 aromatic rings. The number of nitrogens with one attached hydrogen (secondary N) is 1. The van der Waals surface area contributed by atoms with Crippen molar-refractivity contribution >= 4 is 17.5 Å². The zero-order valence-corrected chi connectivity index (χ0v) is 14.6. The minimum atomic E-state index is -0.421. The third-order valence-electron chi connectivity index (χ3n) is 4.96. The molecule has 3 rings (SSSR count). The van der Waals surface area contributed by atoms with Crippen LogP contribution in [0.25, 0.3) is 0 Å². The molecule has 0 radical (unpaired) electrons. The van der Waals surface area contributed by atoms with Crippen LogP contribution < -0.4 is 10.2 Å². The Morgan fingerprint density at radius 2 is 2.00 bits per heavy atom. The van der Waals surface area contributed by atoms with E-state index < -0.39 is 4.92 Å². The quantitative estimate of drug-likeness (QED) is 0.630. The molecule has 0 amide bonds. The molecule has 1 saturated heterocycles. The van der Waals surface area contributed by atoms with Crippen LogP contribution in [0.1, 0.15) is 39.5 Å². The van der Waals surface area contributed by atoms with Gasteiger partial charge in [-0.3, -0.25) is 10.1 Å². The van der Waals surface area contributed by atoms with E-state index in [1.807, 2.05) is 7.05 Å².